The molecular formula is C16H21N3O. The highest BCUT2D eigenvalue weighted by Gasteiger charge is 2.13. The lowest BCUT2D eigenvalue weighted by atomic mass is 9.98. The van der Waals surface area contributed by atoms with Crippen LogP contribution in [0.25, 0.3) is 0 Å². The maximum absolute atomic E-state index is 12.2. The number of benzene rings is 1. The predicted molar refractivity (Wildman–Crippen MR) is 81.0 cm³/mol. The van der Waals surface area contributed by atoms with Crippen LogP contribution in [0.4, 0.5) is 5.69 Å². The highest BCUT2D eigenvalue weighted by molar-refractivity contribution is 6.04. The molecule has 1 unspecified atom stereocenters. The number of aryl methyl sites for hydroxylation is 2. The van der Waals surface area contributed by atoms with Crippen LogP contribution in [-0.2, 0) is 7.05 Å². The number of hydrogen-bond donors (Lipinski definition) is 1. The Kier molecular flexibility index (Phi) is 4.23. The average molecular weight is 271 g/mol. The second-order valence-electron chi connectivity index (χ2n) is 5.19. The molecule has 2 rings (SSSR count). The molecule has 0 spiro atoms. The van der Waals surface area contributed by atoms with Gasteiger partial charge in [0.05, 0.1) is 11.3 Å². The van der Waals surface area contributed by atoms with Crippen LogP contribution in [0.3, 0.4) is 0 Å². The van der Waals surface area contributed by atoms with E-state index in [2.05, 4.69) is 30.3 Å². The van der Waals surface area contributed by atoms with Crippen LogP contribution in [-0.4, -0.2) is 15.7 Å². The Hall–Kier alpha value is -2.10. The molecule has 4 heteroatoms. The first-order valence-electron chi connectivity index (χ1n) is 6.92. The fourth-order valence-corrected chi connectivity index (χ4v) is 2.18. The number of carbonyl (C=O) groups is 1. The number of hydrogen-bond acceptors (Lipinski definition) is 2. The lowest BCUT2D eigenvalue weighted by Gasteiger charge is -2.11. The second kappa shape index (κ2) is 5.90. The van der Waals surface area contributed by atoms with Gasteiger partial charge in [0.2, 0.25) is 0 Å². The second-order valence-corrected chi connectivity index (χ2v) is 5.19. The summed E-state index contributed by atoms with van der Waals surface area (Å²) in [5.74, 6) is 0.379. The quantitative estimate of drug-likeness (QED) is 0.925. The minimum absolute atomic E-state index is 0.114. The Bertz CT molecular complexity index is 616. The van der Waals surface area contributed by atoms with E-state index in [0.717, 1.165) is 17.8 Å². The van der Waals surface area contributed by atoms with Crippen LogP contribution in [0.15, 0.2) is 30.5 Å². The first kappa shape index (κ1) is 14.3. The van der Waals surface area contributed by atoms with Crippen LogP contribution < -0.4 is 5.32 Å². The predicted octanol–water partition coefficient (Wildman–Crippen LogP) is 3.49. The van der Waals surface area contributed by atoms with Gasteiger partial charge in [-0.25, -0.2) is 0 Å². The van der Waals surface area contributed by atoms with E-state index in [1.807, 2.05) is 32.2 Å². The van der Waals surface area contributed by atoms with Crippen LogP contribution in [0.1, 0.15) is 47.8 Å². The van der Waals surface area contributed by atoms with Crippen molar-refractivity contribution in [1.82, 2.24) is 9.78 Å². The number of nitrogens with one attached hydrogen (secondary N) is 1. The third-order valence-electron chi connectivity index (χ3n) is 3.58. The fraction of sp³-hybridized carbons (Fsp3) is 0.375. The van der Waals surface area contributed by atoms with E-state index in [9.17, 15) is 4.79 Å². The van der Waals surface area contributed by atoms with E-state index in [0.29, 0.717) is 11.5 Å². The maximum atomic E-state index is 12.2. The summed E-state index contributed by atoms with van der Waals surface area (Å²) in [6.45, 7) is 6.19. The molecule has 1 aromatic carbocycles. The van der Waals surface area contributed by atoms with Crippen molar-refractivity contribution in [1.29, 1.82) is 0 Å². The summed E-state index contributed by atoms with van der Waals surface area (Å²) >= 11 is 0. The van der Waals surface area contributed by atoms with Gasteiger partial charge in [-0.05, 0) is 37.0 Å². The van der Waals surface area contributed by atoms with Crippen LogP contribution in [0, 0.1) is 6.92 Å². The van der Waals surface area contributed by atoms with Gasteiger partial charge >= 0.3 is 0 Å². The average Bonchev–Trinajstić information content (AvgIpc) is 2.77. The molecule has 0 aliphatic rings. The molecular weight excluding hydrogens is 250 g/mol. The van der Waals surface area contributed by atoms with Gasteiger partial charge in [0.15, 0.2) is 0 Å². The third kappa shape index (κ3) is 3.07. The zero-order valence-corrected chi connectivity index (χ0v) is 12.5. The summed E-state index contributed by atoms with van der Waals surface area (Å²) in [6.07, 6.45) is 2.82. The Balaban J connectivity index is 2.18. The molecule has 1 amide bonds. The number of amides is 1. The van der Waals surface area contributed by atoms with Gasteiger partial charge in [0.1, 0.15) is 0 Å². The molecule has 0 aliphatic carbocycles. The Morgan fingerprint density at radius 3 is 2.80 bits per heavy atom. The molecule has 0 aliphatic heterocycles. The van der Waals surface area contributed by atoms with Gasteiger partial charge in [-0.15, -0.1) is 0 Å². The molecule has 1 aromatic heterocycles. The van der Waals surface area contributed by atoms with Crippen LogP contribution >= 0.6 is 0 Å². The first-order valence-corrected chi connectivity index (χ1v) is 6.92. The number of anilines is 1. The minimum Gasteiger partial charge on any atom is -0.322 e. The largest absolute Gasteiger partial charge is 0.322 e. The number of aromatic nitrogens is 2. The van der Waals surface area contributed by atoms with Gasteiger partial charge < -0.3 is 5.32 Å². The number of carbonyl (C=O) groups excluding carboxylic acids is 1. The molecule has 106 valence electrons. The molecule has 1 N–H and O–H groups in total. The molecule has 0 radical (unpaired) electrons. The maximum Gasteiger partial charge on any atom is 0.259 e. The molecule has 0 fully saturated rings. The number of nitrogens with zero attached hydrogens (tertiary/aromatic N) is 2. The molecule has 4 nitrogen and oxygen atoms in total. The van der Waals surface area contributed by atoms with Crippen molar-refractivity contribution in [2.45, 2.75) is 33.1 Å². The van der Waals surface area contributed by atoms with Crippen molar-refractivity contribution < 1.29 is 4.79 Å². The Labute approximate surface area is 119 Å². The summed E-state index contributed by atoms with van der Waals surface area (Å²) in [6, 6.07) is 8.03. The van der Waals surface area contributed by atoms with Crippen LogP contribution in [0.5, 0.6) is 0 Å². The molecule has 1 heterocycles. The zero-order chi connectivity index (χ0) is 14.7. The fourth-order valence-electron chi connectivity index (χ4n) is 2.18. The highest BCUT2D eigenvalue weighted by atomic mass is 16.1. The van der Waals surface area contributed by atoms with Crippen molar-refractivity contribution in [2.75, 3.05) is 5.32 Å². The summed E-state index contributed by atoms with van der Waals surface area (Å²) < 4.78 is 1.65. The van der Waals surface area contributed by atoms with Gasteiger partial charge in [-0.3, -0.25) is 9.48 Å². The molecule has 2 aromatic rings. The summed E-state index contributed by atoms with van der Waals surface area (Å²) in [5, 5.41) is 7.13. The van der Waals surface area contributed by atoms with Gasteiger partial charge in [0.25, 0.3) is 5.91 Å². The summed E-state index contributed by atoms with van der Waals surface area (Å²) in [5.41, 5.74) is 3.42. The summed E-state index contributed by atoms with van der Waals surface area (Å²) in [7, 11) is 1.81. The third-order valence-corrected chi connectivity index (χ3v) is 3.58. The van der Waals surface area contributed by atoms with Gasteiger partial charge in [-0.1, -0.05) is 26.0 Å². The van der Waals surface area contributed by atoms with Gasteiger partial charge in [0, 0.05) is 18.9 Å². The van der Waals surface area contributed by atoms with Crippen molar-refractivity contribution in [2.24, 2.45) is 7.05 Å². The Morgan fingerprint density at radius 1 is 1.45 bits per heavy atom. The van der Waals surface area contributed by atoms with Crippen molar-refractivity contribution in [3.05, 3.63) is 47.3 Å². The van der Waals surface area contributed by atoms with Crippen LogP contribution in [0.2, 0.25) is 0 Å². The van der Waals surface area contributed by atoms with E-state index in [-0.39, 0.29) is 5.91 Å². The lowest BCUT2D eigenvalue weighted by Crippen LogP contribution is -2.12. The normalized spacial score (nSPS) is 12.2. The first-order chi connectivity index (χ1) is 9.51. The molecule has 0 saturated heterocycles. The smallest absolute Gasteiger partial charge is 0.259 e. The van der Waals surface area contributed by atoms with E-state index >= 15 is 0 Å². The highest BCUT2D eigenvalue weighted by Crippen LogP contribution is 2.22. The lowest BCUT2D eigenvalue weighted by molar-refractivity contribution is 0.102. The summed E-state index contributed by atoms with van der Waals surface area (Å²) in [4.78, 5) is 12.2. The SMILES string of the molecule is CCC(C)c1cccc(NC(=O)c2cn(C)nc2C)c1. The monoisotopic (exact) mass is 271 g/mol. The number of rotatable bonds is 4. The topological polar surface area (TPSA) is 46.9 Å². The standard InChI is InChI=1S/C16H21N3O/c1-5-11(2)13-7-6-8-14(9-13)17-16(20)15-10-19(4)18-12(15)3/h6-11H,5H2,1-4H3,(H,17,20). The van der Waals surface area contributed by atoms with Crippen molar-refractivity contribution in [3.63, 3.8) is 0 Å². The Morgan fingerprint density at radius 2 is 2.20 bits per heavy atom. The van der Waals surface area contributed by atoms with E-state index in [1.54, 1.807) is 10.9 Å². The molecule has 20 heavy (non-hydrogen) atoms. The zero-order valence-electron chi connectivity index (χ0n) is 12.5. The molecule has 0 bridgehead atoms. The minimum atomic E-state index is -0.114. The van der Waals surface area contributed by atoms with E-state index < -0.39 is 0 Å². The van der Waals surface area contributed by atoms with E-state index in [1.165, 1.54) is 5.56 Å². The van der Waals surface area contributed by atoms with Crippen molar-refractivity contribution >= 4 is 11.6 Å². The van der Waals surface area contributed by atoms with E-state index in [4.69, 9.17) is 0 Å². The van der Waals surface area contributed by atoms with Gasteiger partial charge in [-0.2, -0.15) is 5.10 Å². The molecule has 1 atom stereocenters. The molecule has 0 saturated carbocycles. The van der Waals surface area contributed by atoms with Crippen molar-refractivity contribution in [3.8, 4) is 0 Å².